The minimum Gasteiger partial charge on any atom is -0.467 e. The number of hydrogen-bond donors (Lipinski definition) is 1. The third-order valence-electron chi connectivity index (χ3n) is 4.39. The molecule has 0 radical (unpaired) electrons. The van der Waals surface area contributed by atoms with Crippen LogP contribution in [0.5, 0.6) is 0 Å². The summed E-state index contributed by atoms with van der Waals surface area (Å²) in [6.07, 6.45) is 1.64. The third kappa shape index (κ3) is 4.61. The van der Waals surface area contributed by atoms with E-state index in [1.54, 1.807) is 6.26 Å². The monoisotopic (exact) mass is 349 g/mol. The molecule has 4 heteroatoms. The summed E-state index contributed by atoms with van der Waals surface area (Å²) in [5, 5.41) is 2.99. The van der Waals surface area contributed by atoms with Gasteiger partial charge in [-0.1, -0.05) is 36.4 Å². The van der Waals surface area contributed by atoms with E-state index in [2.05, 4.69) is 5.32 Å². The van der Waals surface area contributed by atoms with E-state index < -0.39 is 0 Å². The molecule has 1 amide bonds. The van der Waals surface area contributed by atoms with Gasteiger partial charge in [0.25, 0.3) is 5.91 Å². The third-order valence-corrected chi connectivity index (χ3v) is 4.39. The molecule has 1 N–H and O–H groups in total. The van der Waals surface area contributed by atoms with Crippen molar-refractivity contribution in [2.24, 2.45) is 0 Å². The van der Waals surface area contributed by atoms with E-state index in [1.165, 1.54) is 0 Å². The van der Waals surface area contributed by atoms with Gasteiger partial charge in [0.05, 0.1) is 12.9 Å². The lowest BCUT2D eigenvalue weighted by molar-refractivity contribution is 0.0928. The molecular formula is C22H23NO3. The molecule has 26 heavy (non-hydrogen) atoms. The Bertz CT molecular complexity index is 869. The van der Waals surface area contributed by atoms with E-state index in [4.69, 9.17) is 9.15 Å². The number of amides is 1. The fourth-order valence-electron chi connectivity index (χ4n) is 2.77. The van der Waals surface area contributed by atoms with Crippen molar-refractivity contribution in [3.8, 4) is 0 Å². The molecule has 0 saturated heterocycles. The number of furan rings is 1. The van der Waals surface area contributed by atoms with Gasteiger partial charge in [0, 0.05) is 12.1 Å². The number of nitrogens with one attached hydrogen (secondary N) is 1. The zero-order chi connectivity index (χ0) is 18.4. The maximum Gasteiger partial charge on any atom is 0.251 e. The Morgan fingerprint density at radius 1 is 1.00 bits per heavy atom. The topological polar surface area (TPSA) is 51.5 Å². The molecule has 0 aliphatic heterocycles. The highest BCUT2D eigenvalue weighted by Crippen LogP contribution is 2.13. The fraction of sp³-hybridized carbons (Fsp3) is 0.227. The van der Waals surface area contributed by atoms with Crippen LogP contribution in [0.4, 0.5) is 0 Å². The Kier molecular flexibility index (Phi) is 5.87. The van der Waals surface area contributed by atoms with Crippen LogP contribution in [0, 0.1) is 13.8 Å². The number of ether oxygens (including phenoxy) is 1. The second-order valence-electron chi connectivity index (χ2n) is 6.32. The van der Waals surface area contributed by atoms with Crippen LogP contribution in [0.15, 0.2) is 65.3 Å². The Labute approximate surface area is 153 Å². The standard InChI is InChI=1S/C22H23NO3/c1-16-6-3-10-21(17(16)2)22(24)23-13-18-7-4-8-19(12-18)14-25-15-20-9-5-11-26-20/h3-12H,13-15H2,1-2H3,(H,23,24). The number of rotatable bonds is 7. The first-order chi connectivity index (χ1) is 12.6. The van der Waals surface area contributed by atoms with Gasteiger partial charge in [-0.3, -0.25) is 4.79 Å². The summed E-state index contributed by atoms with van der Waals surface area (Å²) in [5.74, 6) is 0.757. The Hall–Kier alpha value is -2.85. The van der Waals surface area contributed by atoms with E-state index in [-0.39, 0.29) is 5.91 Å². The summed E-state index contributed by atoms with van der Waals surface area (Å²) in [7, 11) is 0. The zero-order valence-corrected chi connectivity index (χ0v) is 15.1. The molecule has 0 aliphatic rings. The van der Waals surface area contributed by atoms with Crippen molar-refractivity contribution < 1.29 is 13.9 Å². The van der Waals surface area contributed by atoms with Crippen LogP contribution in [0.3, 0.4) is 0 Å². The summed E-state index contributed by atoms with van der Waals surface area (Å²) in [6.45, 7) is 5.41. The lowest BCUT2D eigenvalue weighted by atomic mass is 10.0. The van der Waals surface area contributed by atoms with Crippen LogP contribution in [0.2, 0.25) is 0 Å². The molecule has 0 fully saturated rings. The minimum atomic E-state index is -0.0503. The lowest BCUT2D eigenvalue weighted by Gasteiger charge is -2.10. The van der Waals surface area contributed by atoms with Gasteiger partial charge in [-0.05, 0) is 54.3 Å². The van der Waals surface area contributed by atoms with Gasteiger partial charge in [0.15, 0.2) is 0 Å². The smallest absolute Gasteiger partial charge is 0.251 e. The van der Waals surface area contributed by atoms with Crippen LogP contribution in [-0.4, -0.2) is 5.91 Å². The number of carbonyl (C=O) groups is 1. The van der Waals surface area contributed by atoms with E-state index in [1.807, 2.05) is 68.4 Å². The van der Waals surface area contributed by atoms with Crippen molar-refractivity contribution in [2.45, 2.75) is 33.6 Å². The summed E-state index contributed by atoms with van der Waals surface area (Å²) in [6, 6.07) is 17.5. The molecule has 1 aromatic heterocycles. The zero-order valence-electron chi connectivity index (χ0n) is 15.1. The summed E-state index contributed by atoms with van der Waals surface area (Å²) in [4.78, 5) is 12.4. The van der Waals surface area contributed by atoms with E-state index >= 15 is 0 Å². The van der Waals surface area contributed by atoms with Gasteiger partial charge in [0.2, 0.25) is 0 Å². The van der Waals surface area contributed by atoms with Crippen molar-refractivity contribution in [2.75, 3.05) is 0 Å². The summed E-state index contributed by atoms with van der Waals surface area (Å²) >= 11 is 0. The Morgan fingerprint density at radius 3 is 2.62 bits per heavy atom. The Morgan fingerprint density at radius 2 is 1.81 bits per heavy atom. The molecular weight excluding hydrogens is 326 g/mol. The number of carbonyl (C=O) groups excluding carboxylic acids is 1. The normalized spacial score (nSPS) is 10.7. The number of aryl methyl sites for hydroxylation is 1. The average molecular weight is 349 g/mol. The molecule has 134 valence electrons. The first kappa shape index (κ1) is 18.0. The molecule has 1 heterocycles. The highest BCUT2D eigenvalue weighted by molar-refractivity contribution is 5.95. The first-order valence-corrected chi connectivity index (χ1v) is 8.66. The second kappa shape index (κ2) is 8.50. The highest BCUT2D eigenvalue weighted by atomic mass is 16.5. The van der Waals surface area contributed by atoms with Crippen LogP contribution >= 0.6 is 0 Å². The van der Waals surface area contributed by atoms with E-state index in [0.717, 1.165) is 33.6 Å². The molecule has 3 rings (SSSR count). The molecule has 2 aromatic carbocycles. The molecule has 0 unspecified atom stereocenters. The molecule has 0 aliphatic carbocycles. The number of benzene rings is 2. The van der Waals surface area contributed by atoms with Crippen molar-refractivity contribution in [3.63, 3.8) is 0 Å². The van der Waals surface area contributed by atoms with Crippen LogP contribution in [-0.2, 0) is 24.5 Å². The van der Waals surface area contributed by atoms with E-state index in [0.29, 0.717) is 19.8 Å². The quantitative estimate of drug-likeness (QED) is 0.681. The largest absolute Gasteiger partial charge is 0.467 e. The van der Waals surface area contributed by atoms with Gasteiger partial charge in [-0.2, -0.15) is 0 Å². The SMILES string of the molecule is Cc1cccc(C(=O)NCc2cccc(COCc3ccco3)c2)c1C. The predicted octanol–water partition coefficient (Wildman–Crippen LogP) is 4.54. The first-order valence-electron chi connectivity index (χ1n) is 8.66. The highest BCUT2D eigenvalue weighted by Gasteiger charge is 2.09. The number of hydrogen-bond acceptors (Lipinski definition) is 3. The van der Waals surface area contributed by atoms with Crippen molar-refractivity contribution >= 4 is 5.91 Å². The van der Waals surface area contributed by atoms with Gasteiger partial charge >= 0.3 is 0 Å². The minimum absolute atomic E-state index is 0.0503. The average Bonchev–Trinajstić information content (AvgIpc) is 3.16. The molecule has 3 aromatic rings. The molecule has 0 atom stereocenters. The van der Waals surface area contributed by atoms with Crippen molar-refractivity contribution in [1.29, 1.82) is 0 Å². The van der Waals surface area contributed by atoms with Crippen molar-refractivity contribution in [1.82, 2.24) is 5.32 Å². The van der Waals surface area contributed by atoms with Crippen LogP contribution in [0.1, 0.15) is 38.4 Å². The van der Waals surface area contributed by atoms with Crippen LogP contribution < -0.4 is 5.32 Å². The second-order valence-corrected chi connectivity index (χ2v) is 6.32. The van der Waals surface area contributed by atoms with Gasteiger partial charge in [-0.25, -0.2) is 0 Å². The molecule has 4 nitrogen and oxygen atoms in total. The van der Waals surface area contributed by atoms with Gasteiger partial charge in [-0.15, -0.1) is 0 Å². The summed E-state index contributed by atoms with van der Waals surface area (Å²) in [5.41, 5.74) is 4.97. The van der Waals surface area contributed by atoms with Gasteiger partial charge in [0.1, 0.15) is 12.4 Å². The van der Waals surface area contributed by atoms with E-state index in [9.17, 15) is 4.79 Å². The fourth-order valence-corrected chi connectivity index (χ4v) is 2.77. The summed E-state index contributed by atoms with van der Waals surface area (Å²) < 4.78 is 10.9. The maximum absolute atomic E-state index is 12.4. The van der Waals surface area contributed by atoms with Crippen LogP contribution in [0.25, 0.3) is 0 Å². The maximum atomic E-state index is 12.4. The lowest BCUT2D eigenvalue weighted by Crippen LogP contribution is -2.23. The molecule has 0 bridgehead atoms. The van der Waals surface area contributed by atoms with Gasteiger partial charge < -0.3 is 14.5 Å². The Balaban J connectivity index is 1.55. The molecule has 0 spiro atoms. The predicted molar refractivity (Wildman–Crippen MR) is 101 cm³/mol. The van der Waals surface area contributed by atoms with Crippen molar-refractivity contribution in [3.05, 3.63) is 94.4 Å². The molecule has 0 saturated carbocycles.